The molecular weight excluding hydrogens is 592 g/mol. The van der Waals surface area contributed by atoms with Gasteiger partial charge in [-0.2, -0.15) is 0 Å². The molecule has 0 amide bonds. The van der Waals surface area contributed by atoms with Crippen molar-refractivity contribution in [1.82, 2.24) is 0 Å². The van der Waals surface area contributed by atoms with E-state index in [4.69, 9.17) is 23.4 Å². The maximum absolute atomic E-state index is 13.3. The van der Waals surface area contributed by atoms with Crippen LogP contribution in [0.15, 0.2) is 39.5 Å². The molecule has 2 aromatic carbocycles. The molecule has 10 N–H and O–H groups in total. The minimum absolute atomic E-state index is 0.0102. The number of phenols is 3. The van der Waals surface area contributed by atoms with Gasteiger partial charge in [0.2, 0.25) is 0 Å². The average Bonchev–Trinajstić information content (AvgIpc) is 3.00. The van der Waals surface area contributed by atoms with Crippen molar-refractivity contribution in [3.05, 3.63) is 46.1 Å². The van der Waals surface area contributed by atoms with Gasteiger partial charge in [-0.3, -0.25) is 4.79 Å². The number of methoxy groups -OCH3 is 1. The Balaban J connectivity index is 1.59. The molecule has 0 bridgehead atoms. The molecule has 0 saturated carbocycles. The third-order valence-corrected chi connectivity index (χ3v) is 7.77. The van der Waals surface area contributed by atoms with Crippen molar-refractivity contribution < 1.29 is 74.4 Å². The van der Waals surface area contributed by atoms with Crippen molar-refractivity contribution in [3.63, 3.8) is 0 Å². The Morgan fingerprint density at radius 2 is 1.45 bits per heavy atom. The van der Waals surface area contributed by atoms with Gasteiger partial charge in [0, 0.05) is 17.7 Å². The summed E-state index contributed by atoms with van der Waals surface area (Å²) >= 11 is 0. The molecule has 0 radical (unpaired) electrons. The molecule has 3 heterocycles. The lowest BCUT2D eigenvalue weighted by atomic mass is 9.89. The lowest BCUT2D eigenvalue weighted by Crippen LogP contribution is -2.62. The van der Waals surface area contributed by atoms with Gasteiger partial charge in [-0.25, -0.2) is 0 Å². The molecule has 0 unspecified atom stereocenters. The van der Waals surface area contributed by atoms with Gasteiger partial charge in [0.1, 0.15) is 83.2 Å². The maximum Gasteiger partial charge on any atom is 0.197 e. The van der Waals surface area contributed by atoms with Crippen molar-refractivity contribution in [2.45, 2.75) is 61.2 Å². The van der Waals surface area contributed by atoms with E-state index in [0.717, 1.165) is 12.1 Å². The van der Waals surface area contributed by atoms with Gasteiger partial charge in [-0.1, -0.05) is 0 Å². The Labute approximate surface area is 247 Å². The first-order valence-corrected chi connectivity index (χ1v) is 13.4. The molecule has 240 valence electrons. The molecule has 2 saturated heterocycles. The number of ether oxygens (including phenoxy) is 4. The fraction of sp³-hybridized carbons (Fsp3) is 0.464. The summed E-state index contributed by atoms with van der Waals surface area (Å²) in [5, 5.41) is 103. The van der Waals surface area contributed by atoms with Crippen LogP contribution in [0.25, 0.3) is 22.3 Å². The molecule has 0 aliphatic carbocycles. The number of aromatic hydroxyl groups is 3. The first kappa shape index (κ1) is 31.9. The predicted molar refractivity (Wildman–Crippen MR) is 145 cm³/mol. The molecule has 1 aromatic heterocycles. The SMILES string of the molecule is COc1cc(-c2cc(=O)c3c(O)c([C@@H]4O[C@H](CO)[C@@H](O)[C@H](O)[C@H]4O[C@H]4O[C@H](CO)[C@@H](O)[C@H](O)[C@H]4O)c(O)cc3o2)ccc1O. The zero-order valence-corrected chi connectivity index (χ0v) is 23.0. The summed E-state index contributed by atoms with van der Waals surface area (Å²) in [4.78, 5) is 13.3. The highest BCUT2D eigenvalue weighted by Crippen LogP contribution is 2.46. The van der Waals surface area contributed by atoms with Crippen LogP contribution in [0, 0.1) is 0 Å². The second-order valence-electron chi connectivity index (χ2n) is 10.4. The van der Waals surface area contributed by atoms with Crippen molar-refractivity contribution in [2.75, 3.05) is 20.3 Å². The van der Waals surface area contributed by atoms with Crippen LogP contribution in [-0.2, 0) is 14.2 Å². The number of rotatable bonds is 7. The quantitative estimate of drug-likeness (QED) is 0.135. The van der Waals surface area contributed by atoms with E-state index in [9.17, 15) is 55.9 Å². The summed E-state index contributed by atoms with van der Waals surface area (Å²) in [7, 11) is 1.33. The maximum atomic E-state index is 13.3. The van der Waals surface area contributed by atoms with Gasteiger partial charge < -0.3 is 74.4 Å². The number of hydrogen-bond donors (Lipinski definition) is 10. The number of hydrogen-bond acceptors (Lipinski definition) is 16. The lowest BCUT2D eigenvalue weighted by Gasteiger charge is -2.46. The fourth-order valence-corrected chi connectivity index (χ4v) is 5.37. The Hall–Kier alpha value is -3.55. The van der Waals surface area contributed by atoms with E-state index in [2.05, 4.69) is 0 Å². The largest absolute Gasteiger partial charge is 0.507 e. The van der Waals surface area contributed by atoms with Crippen LogP contribution < -0.4 is 10.2 Å². The molecular formula is C28H32O16. The van der Waals surface area contributed by atoms with Gasteiger partial charge >= 0.3 is 0 Å². The third kappa shape index (κ3) is 5.45. The van der Waals surface area contributed by atoms with Crippen molar-refractivity contribution in [3.8, 4) is 34.3 Å². The van der Waals surface area contributed by atoms with Gasteiger partial charge in [-0.05, 0) is 18.2 Å². The fourth-order valence-electron chi connectivity index (χ4n) is 5.37. The first-order valence-electron chi connectivity index (χ1n) is 13.4. The minimum atomic E-state index is -1.93. The van der Waals surface area contributed by atoms with Crippen LogP contribution in [0.1, 0.15) is 11.7 Å². The van der Waals surface area contributed by atoms with Crippen molar-refractivity contribution >= 4 is 11.0 Å². The second kappa shape index (κ2) is 12.4. The van der Waals surface area contributed by atoms with Crippen LogP contribution in [0.5, 0.6) is 23.0 Å². The predicted octanol–water partition coefficient (Wildman–Crippen LogP) is -2.08. The Bertz CT molecular complexity index is 1550. The summed E-state index contributed by atoms with van der Waals surface area (Å²) in [6, 6.07) is 6.16. The summed E-state index contributed by atoms with van der Waals surface area (Å²) in [5.74, 6) is -1.68. The minimum Gasteiger partial charge on any atom is -0.507 e. The highest BCUT2D eigenvalue weighted by molar-refractivity contribution is 5.88. The van der Waals surface area contributed by atoms with Crippen LogP contribution >= 0.6 is 0 Å². The van der Waals surface area contributed by atoms with Gasteiger partial charge in [0.15, 0.2) is 23.2 Å². The van der Waals surface area contributed by atoms with Crippen LogP contribution in [0.4, 0.5) is 0 Å². The van der Waals surface area contributed by atoms with E-state index >= 15 is 0 Å². The number of phenolic OH excluding ortho intramolecular Hbond substituents is 3. The molecule has 0 spiro atoms. The van der Waals surface area contributed by atoms with Crippen LogP contribution in [0.3, 0.4) is 0 Å². The molecule has 2 aliphatic rings. The normalized spacial score (nSPS) is 32.5. The summed E-state index contributed by atoms with van der Waals surface area (Å²) in [6.07, 6.45) is -17.5. The number of aliphatic hydroxyl groups is 7. The van der Waals surface area contributed by atoms with E-state index in [1.165, 1.54) is 25.3 Å². The molecule has 16 nitrogen and oxygen atoms in total. The Morgan fingerprint density at radius 1 is 0.795 bits per heavy atom. The highest BCUT2D eigenvalue weighted by atomic mass is 16.7. The van der Waals surface area contributed by atoms with Crippen molar-refractivity contribution in [1.29, 1.82) is 0 Å². The van der Waals surface area contributed by atoms with Gasteiger partial charge in [-0.15, -0.1) is 0 Å². The summed E-state index contributed by atoms with van der Waals surface area (Å²) < 4.78 is 27.6. The highest BCUT2D eigenvalue weighted by Gasteiger charge is 2.52. The number of benzene rings is 2. The summed E-state index contributed by atoms with van der Waals surface area (Å²) in [6.45, 7) is -1.63. The molecule has 5 rings (SSSR count). The molecule has 2 fully saturated rings. The van der Waals surface area contributed by atoms with E-state index in [-0.39, 0.29) is 22.8 Å². The van der Waals surface area contributed by atoms with Crippen LogP contribution in [-0.4, -0.2) is 127 Å². The molecule has 44 heavy (non-hydrogen) atoms. The third-order valence-electron chi connectivity index (χ3n) is 7.77. The zero-order valence-electron chi connectivity index (χ0n) is 23.0. The summed E-state index contributed by atoms with van der Waals surface area (Å²) in [5.41, 5.74) is -1.27. The van der Waals surface area contributed by atoms with E-state index in [1.807, 2.05) is 0 Å². The molecule has 16 heteroatoms. The smallest absolute Gasteiger partial charge is 0.197 e. The van der Waals surface area contributed by atoms with E-state index < -0.39 is 102 Å². The Kier molecular flexibility index (Phi) is 9.01. The first-order chi connectivity index (χ1) is 20.9. The monoisotopic (exact) mass is 624 g/mol. The number of fused-ring (bicyclic) bond motifs is 1. The van der Waals surface area contributed by atoms with Gasteiger partial charge in [0.05, 0.1) is 25.9 Å². The van der Waals surface area contributed by atoms with Gasteiger partial charge in [0.25, 0.3) is 0 Å². The number of aliphatic hydroxyl groups excluding tert-OH is 7. The average molecular weight is 625 g/mol. The Morgan fingerprint density at radius 3 is 2.11 bits per heavy atom. The molecule has 10 atom stereocenters. The molecule has 3 aromatic rings. The van der Waals surface area contributed by atoms with Crippen LogP contribution in [0.2, 0.25) is 0 Å². The standard InChI is InChI=1S/C28H32O16/c1-40-14-4-9(2-3-10(14)31)13-5-11(32)18-15(41-13)6-12(33)19(22(18)36)26-27(24(38)21(35)16(7-29)42-26)44-28-25(39)23(37)20(34)17(8-30)43-28/h2-6,16-17,20-21,23-31,33-39H,7-8H2,1H3/t16-,17-,20-,21-,23+,24+,25-,26+,27-,28-/m1/s1. The second-order valence-corrected chi connectivity index (χ2v) is 10.4. The van der Waals surface area contributed by atoms with Crippen molar-refractivity contribution in [2.24, 2.45) is 0 Å². The lowest BCUT2D eigenvalue weighted by molar-refractivity contribution is -0.342. The zero-order chi connectivity index (χ0) is 32.0. The van der Waals surface area contributed by atoms with E-state index in [0.29, 0.717) is 5.56 Å². The molecule has 2 aliphatic heterocycles. The van der Waals surface area contributed by atoms with E-state index in [1.54, 1.807) is 0 Å². The topological polar surface area (TPSA) is 269 Å².